The molecule has 0 spiro atoms. The van der Waals surface area contributed by atoms with Gasteiger partial charge in [0.15, 0.2) is 0 Å². The first-order valence-corrected chi connectivity index (χ1v) is 11.0. The quantitative estimate of drug-likeness (QED) is 0.810. The highest BCUT2D eigenvalue weighted by Crippen LogP contribution is 2.36. The van der Waals surface area contributed by atoms with Crippen LogP contribution < -0.4 is 5.32 Å². The summed E-state index contributed by atoms with van der Waals surface area (Å²) < 4.78 is 0. The van der Waals surface area contributed by atoms with Crippen LogP contribution in [-0.2, 0) is 12.0 Å². The number of hydrogen-bond donors (Lipinski definition) is 2. The number of anilines is 1. The minimum Gasteiger partial charge on any atom is -0.386 e. The Morgan fingerprint density at radius 1 is 1.07 bits per heavy atom. The third-order valence-electron chi connectivity index (χ3n) is 6.52. The number of nitrogens with zero attached hydrogens (tertiary/aromatic N) is 2. The van der Waals surface area contributed by atoms with E-state index >= 15 is 0 Å². The lowest BCUT2D eigenvalue weighted by Crippen LogP contribution is -2.46. The number of rotatable bonds is 4. The lowest BCUT2D eigenvalue weighted by atomic mass is 9.86. The number of amides is 1. The summed E-state index contributed by atoms with van der Waals surface area (Å²) in [6.45, 7) is 7.92. The maximum Gasteiger partial charge on any atom is 0.255 e. The molecule has 2 aromatic rings. The second kappa shape index (κ2) is 8.50. The zero-order valence-corrected chi connectivity index (χ0v) is 18.3. The summed E-state index contributed by atoms with van der Waals surface area (Å²) in [7, 11) is 2.19. The molecule has 2 N–H and O–H groups in total. The molecule has 1 unspecified atom stereocenters. The maximum absolute atomic E-state index is 12.8. The van der Waals surface area contributed by atoms with E-state index in [9.17, 15) is 9.90 Å². The van der Waals surface area contributed by atoms with Crippen LogP contribution in [0.1, 0.15) is 59.8 Å². The maximum atomic E-state index is 12.8. The van der Waals surface area contributed by atoms with Crippen LogP contribution in [0.5, 0.6) is 0 Å². The van der Waals surface area contributed by atoms with Gasteiger partial charge in [-0.1, -0.05) is 18.2 Å². The molecule has 0 bridgehead atoms. The van der Waals surface area contributed by atoms with Crippen molar-refractivity contribution in [2.45, 2.75) is 44.8 Å². The number of carbonyl (C=O) groups excluding carboxylic acids is 1. The molecule has 5 nitrogen and oxygen atoms in total. The van der Waals surface area contributed by atoms with Crippen LogP contribution in [0.25, 0.3) is 0 Å². The fraction of sp³-hybridized carbons (Fsp3) is 0.480. The highest BCUT2D eigenvalue weighted by atomic mass is 16.3. The normalized spacial score (nSPS) is 20.6. The van der Waals surface area contributed by atoms with Crippen molar-refractivity contribution in [1.82, 2.24) is 9.80 Å². The molecule has 1 aliphatic carbocycles. The van der Waals surface area contributed by atoms with Crippen LogP contribution in [0.4, 0.5) is 5.69 Å². The molecule has 1 heterocycles. The Bertz CT molecular complexity index is 894. The predicted octanol–water partition coefficient (Wildman–Crippen LogP) is 3.79. The van der Waals surface area contributed by atoms with E-state index < -0.39 is 5.60 Å². The van der Waals surface area contributed by atoms with Crippen molar-refractivity contribution < 1.29 is 9.90 Å². The van der Waals surface area contributed by atoms with Gasteiger partial charge in [-0.2, -0.15) is 0 Å². The standard InChI is InChI=1S/C25H33N3O2/c1-25(2,30)20-10-7-19(8-11-20)24(29)26-21-12-9-18-5-4-6-23(22(18)17-21)28-15-13-27(3)14-16-28/h7-12,17,23,30H,4-6,13-16H2,1-3H3,(H,26,29). The van der Waals surface area contributed by atoms with Gasteiger partial charge in [0.25, 0.3) is 5.91 Å². The Balaban J connectivity index is 1.50. The van der Waals surface area contributed by atoms with Crippen LogP contribution >= 0.6 is 0 Å². The van der Waals surface area contributed by atoms with Crippen LogP contribution in [0.15, 0.2) is 42.5 Å². The molecule has 4 rings (SSSR count). The van der Waals surface area contributed by atoms with E-state index in [-0.39, 0.29) is 5.91 Å². The van der Waals surface area contributed by atoms with Crippen molar-refractivity contribution in [1.29, 1.82) is 0 Å². The Kier molecular flexibility index (Phi) is 5.96. The predicted molar refractivity (Wildman–Crippen MR) is 121 cm³/mol. The molecule has 5 heteroatoms. The average Bonchev–Trinajstić information content (AvgIpc) is 2.73. The molecule has 1 saturated heterocycles. The molecule has 1 fully saturated rings. The summed E-state index contributed by atoms with van der Waals surface area (Å²) in [5.74, 6) is -0.121. The number of nitrogens with one attached hydrogen (secondary N) is 1. The van der Waals surface area contributed by atoms with Crippen molar-refractivity contribution in [3.8, 4) is 0 Å². The van der Waals surface area contributed by atoms with Gasteiger partial charge in [0.05, 0.1) is 5.60 Å². The monoisotopic (exact) mass is 407 g/mol. The molecule has 160 valence electrons. The van der Waals surface area contributed by atoms with Gasteiger partial charge >= 0.3 is 0 Å². The van der Waals surface area contributed by atoms with Crippen molar-refractivity contribution >= 4 is 11.6 Å². The molecule has 1 atom stereocenters. The zero-order chi connectivity index (χ0) is 21.3. The highest BCUT2D eigenvalue weighted by Gasteiger charge is 2.28. The summed E-state index contributed by atoms with van der Waals surface area (Å²) in [5.41, 5.74) is 4.12. The minimum atomic E-state index is -0.911. The van der Waals surface area contributed by atoms with E-state index in [1.54, 1.807) is 26.0 Å². The third-order valence-corrected chi connectivity index (χ3v) is 6.52. The summed E-state index contributed by atoms with van der Waals surface area (Å²) in [6.07, 6.45) is 3.53. The van der Waals surface area contributed by atoms with Gasteiger partial charge in [-0.3, -0.25) is 9.69 Å². The molecule has 1 amide bonds. The number of benzene rings is 2. The van der Waals surface area contributed by atoms with Gasteiger partial charge in [0.2, 0.25) is 0 Å². The van der Waals surface area contributed by atoms with Crippen LogP contribution in [0, 0.1) is 0 Å². The number of aliphatic hydroxyl groups is 1. The lowest BCUT2D eigenvalue weighted by molar-refractivity contribution is 0.0785. The van der Waals surface area contributed by atoms with E-state index in [2.05, 4.69) is 34.3 Å². The molecule has 0 saturated carbocycles. The van der Waals surface area contributed by atoms with Crippen LogP contribution in [-0.4, -0.2) is 54.0 Å². The second-order valence-electron chi connectivity index (χ2n) is 9.25. The molecular weight excluding hydrogens is 374 g/mol. The minimum absolute atomic E-state index is 0.121. The van der Waals surface area contributed by atoms with Crippen molar-refractivity contribution in [2.24, 2.45) is 0 Å². The SMILES string of the molecule is CN1CCN(C2CCCc3ccc(NC(=O)c4ccc(C(C)(C)O)cc4)cc32)CC1. The van der Waals surface area contributed by atoms with Gasteiger partial charge in [-0.25, -0.2) is 0 Å². The zero-order valence-electron chi connectivity index (χ0n) is 18.3. The number of aryl methyl sites for hydroxylation is 1. The summed E-state index contributed by atoms with van der Waals surface area (Å²) in [4.78, 5) is 17.8. The first-order valence-electron chi connectivity index (χ1n) is 11.0. The Hall–Kier alpha value is -2.21. The molecular formula is C25H33N3O2. The Labute approximate surface area is 179 Å². The smallest absolute Gasteiger partial charge is 0.255 e. The third kappa shape index (κ3) is 4.59. The fourth-order valence-electron chi connectivity index (χ4n) is 4.60. The first-order chi connectivity index (χ1) is 14.3. The molecule has 1 aliphatic heterocycles. The molecule has 0 aromatic heterocycles. The largest absolute Gasteiger partial charge is 0.386 e. The molecule has 2 aliphatic rings. The lowest BCUT2D eigenvalue weighted by Gasteiger charge is -2.40. The van der Waals surface area contributed by atoms with Gasteiger partial charge in [-0.05, 0) is 81.1 Å². The van der Waals surface area contributed by atoms with Crippen molar-refractivity contribution in [3.63, 3.8) is 0 Å². The van der Waals surface area contributed by atoms with Crippen LogP contribution in [0.2, 0.25) is 0 Å². The second-order valence-corrected chi connectivity index (χ2v) is 9.25. The van der Waals surface area contributed by atoms with E-state index in [1.165, 1.54) is 24.0 Å². The summed E-state index contributed by atoms with van der Waals surface area (Å²) >= 11 is 0. The number of piperazine rings is 1. The van der Waals surface area contributed by atoms with Gasteiger partial charge in [0.1, 0.15) is 0 Å². The van der Waals surface area contributed by atoms with Crippen molar-refractivity contribution in [2.75, 3.05) is 38.5 Å². The fourth-order valence-corrected chi connectivity index (χ4v) is 4.60. The Morgan fingerprint density at radius 2 is 1.77 bits per heavy atom. The number of hydrogen-bond acceptors (Lipinski definition) is 4. The molecule has 30 heavy (non-hydrogen) atoms. The van der Waals surface area contributed by atoms with E-state index in [1.807, 2.05) is 18.2 Å². The number of fused-ring (bicyclic) bond motifs is 1. The van der Waals surface area contributed by atoms with E-state index in [0.717, 1.165) is 43.9 Å². The van der Waals surface area contributed by atoms with Gasteiger partial charge < -0.3 is 15.3 Å². The van der Waals surface area contributed by atoms with Crippen LogP contribution in [0.3, 0.4) is 0 Å². The Morgan fingerprint density at radius 3 is 2.43 bits per heavy atom. The van der Waals surface area contributed by atoms with Crippen molar-refractivity contribution in [3.05, 3.63) is 64.7 Å². The average molecular weight is 408 g/mol. The highest BCUT2D eigenvalue weighted by molar-refractivity contribution is 6.04. The summed E-state index contributed by atoms with van der Waals surface area (Å²) in [6, 6.07) is 14.0. The van der Waals surface area contributed by atoms with E-state index in [4.69, 9.17) is 0 Å². The van der Waals surface area contributed by atoms with Gasteiger partial charge in [0, 0.05) is 43.5 Å². The number of carbonyl (C=O) groups is 1. The van der Waals surface area contributed by atoms with Gasteiger partial charge in [-0.15, -0.1) is 0 Å². The molecule has 0 radical (unpaired) electrons. The number of likely N-dealkylation sites (N-methyl/N-ethyl adjacent to an activating group) is 1. The first kappa shape index (κ1) is 21.0. The molecule has 2 aromatic carbocycles. The van der Waals surface area contributed by atoms with E-state index in [0.29, 0.717) is 11.6 Å². The topological polar surface area (TPSA) is 55.8 Å². The summed E-state index contributed by atoms with van der Waals surface area (Å²) in [5, 5.41) is 13.2.